The molecule has 0 aromatic carbocycles. The summed E-state index contributed by atoms with van der Waals surface area (Å²) in [6.07, 6.45) is 4.64. The molecule has 2 saturated heterocycles. The van der Waals surface area contributed by atoms with Crippen LogP contribution in [-0.4, -0.2) is 36.0 Å². The topological polar surface area (TPSA) is 32.3 Å². The smallest absolute Gasteiger partial charge is 0.265 e. The predicted molar refractivity (Wildman–Crippen MR) is 86.4 cm³/mol. The van der Waals surface area contributed by atoms with Crippen molar-refractivity contribution >= 4 is 41.3 Å². The van der Waals surface area contributed by atoms with Crippen molar-refractivity contribution in [3.05, 3.63) is 20.8 Å². The van der Waals surface area contributed by atoms with Gasteiger partial charge in [-0.1, -0.05) is 11.6 Å². The molecule has 1 N–H and O–H groups in total. The van der Waals surface area contributed by atoms with Crippen molar-refractivity contribution in [2.24, 2.45) is 0 Å². The molecule has 3 heterocycles. The second-order valence-electron chi connectivity index (χ2n) is 5.74. The van der Waals surface area contributed by atoms with E-state index in [2.05, 4.69) is 5.32 Å². The van der Waals surface area contributed by atoms with E-state index in [1.165, 1.54) is 24.2 Å². The van der Waals surface area contributed by atoms with Gasteiger partial charge in [0.05, 0.1) is 5.02 Å². The molecule has 0 saturated carbocycles. The highest BCUT2D eigenvalue weighted by Gasteiger charge is 2.37. The molecule has 112 valence electrons. The largest absolute Gasteiger partial charge is 0.338 e. The van der Waals surface area contributed by atoms with E-state index in [9.17, 15) is 4.79 Å². The van der Waals surface area contributed by atoms with Crippen LogP contribution in [0.1, 0.15) is 40.9 Å². The average Bonchev–Trinajstić information content (AvgIpc) is 2.91. The summed E-state index contributed by atoms with van der Waals surface area (Å²) in [5, 5.41) is 6.19. The Morgan fingerprint density at radius 3 is 2.50 bits per heavy atom. The Morgan fingerprint density at radius 2 is 2.00 bits per heavy atom. The van der Waals surface area contributed by atoms with Crippen molar-refractivity contribution in [3.63, 3.8) is 0 Å². The second-order valence-corrected chi connectivity index (χ2v) is 7.00. The van der Waals surface area contributed by atoms with Gasteiger partial charge in [-0.2, -0.15) is 0 Å². The van der Waals surface area contributed by atoms with Gasteiger partial charge in [0.25, 0.3) is 5.91 Å². The third-order valence-corrected chi connectivity index (χ3v) is 6.09. The van der Waals surface area contributed by atoms with Crippen LogP contribution < -0.4 is 5.32 Å². The number of fused-ring (bicyclic) bond motifs is 2. The molecule has 1 aromatic heterocycles. The number of halogens is 2. The number of piperidine rings is 1. The molecule has 0 spiro atoms. The van der Waals surface area contributed by atoms with E-state index in [1.54, 1.807) is 0 Å². The fourth-order valence-electron chi connectivity index (χ4n) is 3.24. The van der Waals surface area contributed by atoms with Crippen LogP contribution in [0.25, 0.3) is 0 Å². The molecule has 3 rings (SSSR count). The Balaban J connectivity index is 0.00000147. The first-order valence-corrected chi connectivity index (χ1v) is 8.09. The minimum atomic E-state index is 0. The maximum Gasteiger partial charge on any atom is 0.265 e. The molecule has 2 aliphatic rings. The second kappa shape index (κ2) is 6.22. The Labute approximate surface area is 135 Å². The van der Waals surface area contributed by atoms with Crippen molar-refractivity contribution in [1.82, 2.24) is 10.2 Å². The molecule has 3 nitrogen and oxygen atoms in total. The van der Waals surface area contributed by atoms with E-state index < -0.39 is 0 Å². The summed E-state index contributed by atoms with van der Waals surface area (Å²) in [5.74, 6) is 0.0781. The first kappa shape index (κ1) is 16.1. The third-order valence-electron chi connectivity index (χ3n) is 4.41. The monoisotopic (exact) mass is 334 g/mol. The van der Waals surface area contributed by atoms with Gasteiger partial charge in [-0.25, -0.2) is 0 Å². The number of carbonyl (C=O) groups excluding carboxylic acids is 1. The van der Waals surface area contributed by atoms with E-state index >= 15 is 0 Å². The lowest BCUT2D eigenvalue weighted by atomic mass is 9.98. The van der Waals surface area contributed by atoms with E-state index in [4.69, 9.17) is 11.6 Å². The summed E-state index contributed by atoms with van der Waals surface area (Å²) in [6.45, 7) is 1.94. The van der Waals surface area contributed by atoms with Crippen molar-refractivity contribution in [1.29, 1.82) is 0 Å². The van der Waals surface area contributed by atoms with Crippen LogP contribution in [0.3, 0.4) is 0 Å². The Hall–Kier alpha value is -0.290. The number of nitrogens with one attached hydrogen (secondary N) is 1. The molecule has 2 unspecified atom stereocenters. The Morgan fingerprint density at radius 1 is 1.40 bits per heavy atom. The summed E-state index contributed by atoms with van der Waals surface area (Å²) < 4.78 is 0. The number of aryl methyl sites for hydroxylation is 1. The first-order valence-electron chi connectivity index (χ1n) is 6.83. The summed E-state index contributed by atoms with van der Waals surface area (Å²) >= 11 is 7.66. The molecule has 2 bridgehead atoms. The predicted octanol–water partition coefficient (Wildman–Crippen LogP) is 3.49. The zero-order valence-corrected chi connectivity index (χ0v) is 14.1. The number of hydrogen-bond acceptors (Lipinski definition) is 3. The van der Waals surface area contributed by atoms with Gasteiger partial charge in [0.1, 0.15) is 4.88 Å². The van der Waals surface area contributed by atoms with Crippen molar-refractivity contribution < 1.29 is 4.79 Å². The van der Waals surface area contributed by atoms with Gasteiger partial charge in [0, 0.05) is 25.2 Å². The van der Waals surface area contributed by atoms with Crippen LogP contribution >= 0.6 is 35.3 Å². The van der Waals surface area contributed by atoms with Gasteiger partial charge in [0.15, 0.2) is 0 Å². The molecule has 2 atom stereocenters. The molecule has 2 fully saturated rings. The first-order chi connectivity index (χ1) is 9.06. The average molecular weight is 335 g/mol. The zero-order chi connectivity index (χ0) is 13.6. The standard InChI is InChI=1S/C14H19ClN2OS.ClH/c1-8-7-19-13(12(8)15)14(18)17(2)11-5-9-3-4-10(6-11)16-9;/h7,9-11,16H,3-6H2,1-2H3;1H. The van der Waals surface area contributed by atoms with E-state index in [0.717, 1.165) is 18.4 Å². The maximum atomic E-state index is 12.5. The molecule has 1 aromatic rings. The number of carbonyl (C=O) groups is 1. The third kappa shape index (κ3) is 2.84. The highest BCUT2D eigenvalue weighted by atomic mass is 35.5. The fraction of sp³-hybridized carbons (Fsp3) is 0.643. The number of amides is 1. The number of nitrogens with zero attached hydrogens (tertiary/aromatic N) is 1. The van der Waals surface area contributed by atoms with Crippen molar-refractivity contribution in [2.75, 3.05) is 7.05 Å². The van der Waals surface area contributed by atoms with Crippen molar-refractivity contribution in [3.8, 4) is 0 Å². The van der Waals surface area contributed by atoms with Gasteiger partial charge in [-0.3, -0.25) is 4.79 Å². The fourth-order valence-corrected chi connectivity index (χ4v) is 4.50. The van der Waals surface area contributed by atoms with Gasteiger partial charge in [-0.15, -0.1) is 23.7 Å². The number of rotatable bonds is 2. The molecule has 0 radical (unpaired) electrons. The summed E-state index contributed by atoms with van der Waals surface area (Å²) in [5.41, 5.74) is 0.994. The normalized spacial score (nSPS) is 28.1. The van der Waals surface area contributed by atoms with Gasteiger partial charge in [0.2, 0.25) is 0 Å². The zero-order valence-electron chi connectivity index (χ0n) is 11.7. The van der Waals surface area contributed by atoms with Gasteiger partial charge >= 0.3 is 0 Å². The van der Waals surface area contributed by atoms with Gasteiger partial charge < -0.3 is 10.2 Å². The summed E-state index contributed by atoms with van der Waals surface area (Å²) in [6, 6.07) is 1.55. The van der Waals surface area contributed by atoms with Crippen molar-refractivity contribution in [2.45, 2.75) is 50.7 Å². The molecular weight excluding hydrogens is 315 g/mol. The highest BCUT2D eigenvalue weighted by Crippen LogP contribution is 2.32. The lowest BCUT2D eigenvalue weighted by Gasteiger charge is -2.35. The molecule has 2 aliphatic heterocycles. The van der Waals surface area contributed by atoms with E-state index in [0.29, 0.717) is 28.0 Å². The Bertz CT molecular complexity index is 493. The van der Waals surface area contributed by atoms with Crippen LogP contribution in [0.5, 0.6) is 0 Å². The number of hydrogen-bond donors (Lipinski definition) is 1. The van der Waals surface area contributed by atoms with Crippen LogP contribution in [-0.2, 0) is 0 Å². The SMILES string of the molecule is Cc1csc(C(=O)N(C)C2CC3CCC(C2)N3)c1Cl.Cl. The summed E-state index contributed by atoms with van der Waals surface area (Å²) in [4.78, 5) is 15.1. The minimum absolute atomic E-state index is 0. The lowest BCUT2D eigenvalue weighted by molar-refractivity contribution is 0.0687. The molecule has 0 aliphatic carbocycles. The molecular formula is C14H20Cl2N2OS. The maximum absolute atomic E-state index is 12.5. The van der Waals surface area contributed by atoms with Gasteiger partial charge in [-0.05, 0) is 43.6 Å². The van der Waals surface area contributed by atoms with E-state index in [-0.39, 0.29) is 18.3 Å². The molecule has 1 amide bonds. The molecule has 20 heavy (non-hydrogen) atoms. The van der Waals surface area contributed by atoms with Crippen LogP contribution in [0.2, 0.25) is 5.02 Å². The highest BCUT2D eigenvalue weighted by molar-refractivity contribution is 7.13. The van der Waals surface area contributed by atoms with Crippen LogP contribution in [0, 0.1) is 6.92 Å². The van der Waals surface area contributed by atoms with Crippen LogP contribution in [0.4, 0.5) is 0 Å². The van der Waals surface area contributed by atoms with Crippen LogP contribution in [0.15, 0.2) is 5.38 Å². The summed E-state index contributed by atoms with van der Waals surface area (Å²) in [7, 11) is 1.92. The van der Waals surface area contributed by atoms with E-state index in [1.807, 2.05) is 24.3 Å². The Kier molecular flexibility index (Phi) is 5.00. The molecule has 6 heteroatoms. The minimum Gasteiger partial charge on any atom is -0.338 e. The number of thiophene rings is 1. The quantitative estimate of drug-likeness (QED) is 0.897. The lowest BCUT2D eigenvalue weighted by Crippen LogP contribution is -2.48.